The Bertz CT molecular complexity index is 1100. The molecule has 1 N–H and O–H groups in total. The van der Waals surface area contributed by atoms with Gasteiger partial charge < -0.3 is 15.0 Å². The SMILES string of the molecule is CCNC(=O)C(CC)N(Cc1cccc(OC)c1)C(=O)CN(c1c(C)cccc1C)S(C)(=O)=O. The molecule has 0 saturated heterocycles. The first-order valence-corrected chi connectivity index (χ1v) is 13.1. The Morgan fingerprint density at radius 3 is 2.21 bits per heavy atom. The highest BCUT2D eigenvalue weighted by molar-refractivity contribution is 7.92. The summed E-state index contributed by atoms with van der Waals surface area (Å²) in [6.07, 6.45) is 1.46. The van der Waals surface area contributed by atoms with Crippen molar-refractivity contribution in [3.8, 4) is 5.75 Å². The normalized spacial score (nSPS) is 12.1. The van der Waals surface area contributed by atoms with Gasteiger partial charge in [-0.2, -0.15) is 0 Å². The van der Waals surface area contributed by atoms with Gasteiger partial charge in [0.05, 0.1) is 19.1 Å². The number of rotatable bonds is 11. The molecule has 9 heteroatoms. The number of carbonyl (C=O) groups excluding carboxylic acids is 2. The van der Waals surface area contributed by atoms with Gasteiger partial charge in [-0.1, -0.05) is 37.3 Å². The number of nitrogens with one attached hydrogen (secondary N) is 1. The number of hydrogen-bond acceptors (Lipinski definition) is 5. The van der Waals surface area contributed by atoms with Gasteiger partial charge in [-0.3, -0.25) is 13.9 Å². The maximum atomic E-state index is 13.7. The van der Waals surface area contributed by atoms with E-state index in [4.69, 9.17) is 4.74 Å². The molecular weight excluding hydrogens is 454 g/mol. The molecule has 186 valence electrons. The molecule has 2 aromatic carbocycles. The largest absolute Gasteiger partial charge is 0.497 e. The first-order chi connectivity index (χ1) is 16.0. The zero-order valence-corrected chi connectivity index (χ0v) is 21.6. The summed E-state index contributed by atoms with van der Waals surface area (Å²) in [6, 6.07) is 11.9. The van der Waals surface area contributed by atoms with Crippen LogP contribution in [-0.4, -0.2) is 57.6 Å². The zero-order chi connectivity index (χ0) is 25.5. The Labute approximate surface area is 202 Å². The van der Waals surface area contributed by atoms with Crippen molar-refractivity contribution >= 4 is 27.5 Å². The maximum Gasteiger partial charge on any atom is 0.244 e. The van der Waals surface area contributed by atoms with E-state index in [1.165, 1.54) is 4.90 Å². The van der Waals surface area contributed by atoms with Gasteiger partial charge in [0, 0.05) is 13.1 Å². The molecule has 0 saturated carbocycles. The number of carbonyl (C=O) groups is 2. The first-order valence-electron chi connectivity index (χ1n) is 11.3. The molecule has 0 radical (unpaired) electrons. The van der Waals surface area contributed by atoms with Crippen LogP contribution in [0.1, 0.15) is 37.0 Å². The Morgan fingerprint density at radius 1 is 1.06 bits per heavy atom. The third-order valence-corrected chi connectivity index (χ3v) is 6.70. The van der Waals surface area contributed by atoms with Crippen LogP contribution in [0.3, 0.4) is 0 Å². The number of nitrogens with zero attached hydrogens (tertiary/aromatic N) is 2. The van der Waals surface area contributed by atoms with Crippen LogP contribution in [0.25, 0.3) is 0 Å². The van der Waals surface area contributed by atoms with E-state index in [0.29, 0.717) is 24.4 Å². The Kier molecular flexibility index (Phi) is 9.49. The highest BCUT2D eigenvalue weighted by Gasteiger charge is 2.32. The molecular formula is C25H35N3O5S. The molecule has 34 heavy (non-hydrogen) atoms. The molecule has 0 bridgehead atoms. The van der Waals surface area contributed by atoms with Gasteiger partial charge in [0.25, 0.3) is 0 Å². The number of para-hydroxylation sites is 1. The third kappa shape index (κ3) is 6.72. The highest BCUT2D eigenvalue weighted by atomic mass is 32.2. The Hall–Kier alpha value is -3.07. The summed E-state index contributed by atoms with van der Waals surface area (Å²) in [5.74, 6) is -0.113. The van der Waals surface area contributed by atoms with Crippen LogP contribution in [0.15, 0.2) is 42.5 Å². The van der Waals surface area contributed by atoms with Crippen LogP contribution in [0.5, 0.6) is 5.75 Å². The van der Waals surface area contributed by atoms with Gasteiger partial charge in [-0.15, -0.1) is 0 Å². The molecule has 2 aromatic rings. The topological polar surface area (TPSA) is 96.0 Å². The lowest BCUT2D eigenvalue weighted by atomic mass is 10.1. The maximum absolute atomic E-state index is 13.7. The lowest BCUT2D eigenvalue weighted by Gasteiger charge is -2.33. The molecule has 0 aliphatic heterocycles. The number of benzene rings is 2. The predicted octanol–water partition coefficient (Wildman–Crippen LogP) is 3.02. The van der Waals surface area contributed by atoms with Crippen LogP contribution in [0.4, 0.5) is 5.69 Å². The van der Waals surface area contributed by atoms with Crippen molar-refractivity contribution in [2.24, 2.45) is 0 Å². The Morgan fingerprint density at radius 2 is 1.68 bits per heavy atom. The van der Waals surface area contributed by atoms with Crippen molar-refractivity contribution in [1.82, 2.24) is 10.2 Å². The zero-order valence-electron chi connectivity index (χ0n) is 20.8. The first kappa shape index (κ1) is 27.2. The fraction of sp³-hybridized carbons (Fsp3) is 0.440. The fourth-order valence-corrected chi connectivity index (χ4v) is 4.92. The van der Waals surface area contributed by atoms with Crippen LogP contribution in [-0.2, 0) is 26.2 Å². The number of hydrogen-bond donors (Lipinski definition) is 1. The second-order valence-corrected chi connectivity index (χ2v) is 10.1. The lowest BCUT2D eigenvalue weighted by Crippen LogP contribution is -2.52. The minimum absolute atomic E-state index is 0.135. The standard InChI is InChI=1S/C25H35N3O5S/c1-7-22(25(30)26-8-2)27(16-20-13-10-14-21(15-20)33-5)23(29)17-28(34(6,31)32)24-18(3)11-9-12-19(24)4/h9-15,22H,7-8,16-17H2,1-6H3,(H,26,30). The van der Waals surface area contributed by atoms with Crippen molar-refractivity contribution in [2.45, 2.75) is 46.7 Å². The number of ether oxygens (including phenoxy) is 1. The van der Waals surface area contributed by atoms with E-state index in [-0.39, 0.29) is 12.5 Å². The van der Waals surface area contributed by atoms with Crippen molar-refractivity contribution < 1.29 is 22.7 Å². The molecule has 0 aromatic heterocycles. The van der Waals surface area contributed by atoms with Crippen molar-refractivity contribution in [2.75, 3.05) is 30.8 Å². The quantitative estimate of drug-likeness (QED) is 0.523. The van der Waals surface area contributed by atoms with E-state index < -0.39 is 28.5 Å². The van der Waals surface area contributed by atoms with E-state index in [1.807, 2.05) is 58.0 Å². The molecule has 2 amide bonds. The third-order valence-electron chi connectivity index (χ3n) is 5.59. The van der Waals surface area contributed by atoms with Gasteiger partial charge in [-0.05, 0) is 56.0 Å². The Balaban J connectivity index is 2.50. The van der Waals surface area contributed by atoms with Crippen LogP contribution in [0.2, 0.25) is 0 Å². The number of sulfonamides is 1. The average Bonchev–Trinajstić information content (AvgIpc) is 2.77. The summed E-state index contributed by atoms with van der Waals surface area (Å²) >= 11 is 0. The summed E-state index contributed by atoms with van der Waals surface area (Å²) in [5.41, 5.74) is 2.74. The van der Waals surface area contributed by atoms with E-state index in [2.05, 4.69) is 5.32 Å². The molecule has 0 spiro atoms. The number of anilines is 1. The second kappa shape index (κ2) is 11.9. The molecule has 8 nitrogen and oxygen atoms in total. The molecule has 0 fully saturated rings. The van der Waals surface area contributed by atoms with E-state index in [0.717, 1.165) is 27.3 Å². The van der Waals surface area contributed by atoms with Gasteiger partial charge in [0.1, 0.15) is 18.3 Å². The van der Waals surface area contributed by atoms with E-state index >= 15 is 0 Å². The predicted molar refractivity (Wildman–Crippen MR) is 134 cm³/mol. The second-order valence-electron chi connectivity index (χ2n) is 8.20. The molecule has 0 aliphatic carbocycles. The van der Waals surface area contributed by atoms with Gasteiger partial charge >= 0.3 is 0 Å². The van der Waals surface area contributed by atoms with Gasteiger partial charge in [-0.25, -0.2) is 8.42 Å². The molecule has 2 rings (SSSR count). The minimum Gasteiger partial charge on any atom is -0.497 e. The average molecular weight is 490 g/mol. The summed E-state index contributed by atoms with van der Waals surface area (Å²) in [7, 11) is -2.22. The summed E-state index contributed by atoms with van der Waals surface area (Å²) in [5, 5.41) is 2.78. The number of amides is 2. The summed E-state index contributed by atoms with van der Waals surface area (Å²) < 4.78 is 32.0. The van der Waals surface area contributed by atoms with Crippen LogP contribution in [0, 0.1) is 13.8 Å². The molecule has 0 heterocycles. The summed E-state index contributed by atoms with van der Waals surface area (Å²) in [4.78, 5) is 28.0. The minimum atomic E-state index is -3.77. The molecule has 1 atom stereocenters. The van der Waals surface area contributed by atoms with Crippen LogP contribution < -0.4 is 14.4 Å². The van der Waals surface area contributed by atoms with Gasteiger partial charge in [0.2, 0.25) is 21.8 Å². The molecule has 1 unspecified atom stereocenters. The molecule has 0 aliphatic rings. The number of methoxy groups -OCH3 is 1. The highest BCUT2D eigenvalue weighted by Crippen LogP contribution is 2.27. The van der Waals surface area contributed by atoms with Crippen LogP contribution >= 0.6 is 0 Å². The monoisotopic (exact) mass is 489 g/mol. The van der Waals surface area contributed by atoms with Crippen molar-refractivity contribution in [3.63, 3.8) is 0 Å². The fourth-order valence-electron chi connectivity index (χ4n) is 3.95. The van der Waals surface area contributed by atoms with Crippen molar-refractivity contribution in [3.05, 3.63) is 59.2 Å². The summed E-state index contributed by atoms with van der Waals surface area (Å²) in [6.45, 7) is 7.40. The van der Waals surface area contributed by atoms with E-state index in [9.17, 15) is 18.0 Å². The smallest absolute Gasteiger partial charge is 0.244 e. The van der Waals surface area contributed by atoms with Crippen molar-refractivity contribution in [1.29, 1.82) is 0 Å². The number of aryl methyl sites for hydroxylation is 2. The number of likely N-dealkylation sites (N-methyl/N-ethyl adjacent to an activating group) is 1. The van der Waals surface area contributed by atoms with Gasteiger partial charge in [0.15, 0.2) is 0 Å². The lowest BCUT2D eigenvalue weighted by molar-refractivity contribution is -0.140. The van der Waals surface area contributed by atoms with E-state index in [1.54, 1.807) is 19.2 Å².